The number of nitrogens with one attached hydrogen (secondary N) is 2. The van der Waals surface area contributed by atoms with Crippen LogP contribution in [0.15, 0.2) is 24.3 Å². The second kappa shape index (κ2) is 7.92. The van der Waals surface area contributed by atoms with Crippen molar-refractivity contribution in [1.82, 2.24) is 10.3 Å². The van der Waals surface area contributed by atoms with Crippen molar-refractivity contribution in [2.45, 2.75) is 33.2 Å². The zero-order valence-electron chi connectivity index (χ0n) is 14.2. The molecule has 7 heteroatoms. The highest BCUT2D eigenvalue weighted by Gasteiger charge is 2.18. The first-order valence-electron chi connectivity index (χ1n) is 7.54. The van der Waals surface area contributed by atoms with Crippen molar-refractivity contribution in [2.75, 3.05) is 12.4 Å². The molecule has 0 aliphatic rings. The Balaban J connectivity index is 2.09. The smallest absolute Gasteiger partial charge is 0.228 e. The molecule has 2 amide bonds. The molecule has 24 heavy (non-hydrogen) atoms. The van der Waals surface area contributed by atoms with Gasteiger partial charge in [-0.2, -0.15) is 0 Å². The number of hydrogen-bond acceptors (Lipinski definition) is 5. The number of amides is 2. The third-order valence-electron chi connectivity index (χ3n) is 3.56. The molecule has 0 spiro atoms. The van der Waals surface area contributed by atoms with E-state index in [2.05, 4.69) is 15.6 Å². The van der Waals surface area contributed by atoms with Gasteiger partial charge in [-0.05, 0) is 31.5 Å². The van der Waals surface area contributed by atoms with Gasteiger partial charge >= 0.3 is 0 Å². The van der Waals surface area contributed by atoms with Crippen molar-refractivity contribution < 1.29 is 14.3 Å². The number of thiazole rings is 1. The Morgan fingerprint density at radius 1 is 1.25 bits per heavy atom. The van der Waals surface area contributed by atoms with Gasteiger partial charge in [-0.25, -0.2) is 4.98 Å². The van der Waals surface area contributed by atoms with Crippen molar-refractivity contribution in [3.05, 3.63) is 40.4 Å². The van der Waals surface area contributed by atoms with E-state index in [1.807, 2.05) is 26.0 Å². The normalized spacial score (nSPS) is 11.7. The van der Waals surface area contributed by atoms with E-state index in [9.17, 15) is 9.59 Å². The molecule has 1 unspecified atom stereocenters. The Bertz CT molecular complexity index is 706. The van der Waals surface area contributed by atoms with Gasteiger partial charge in [0.15, 0.2) is 5.13 Å². The van der Waals surface area contributed by atoms with Gasteiger partial charge in [0.2, 0.25) is 11.8 Å². The Kier molecular flexibility index (Phi) is 5.92. The number of rotatable bonds is 6. The van der Waals surface area contributed by atoms with Crippen LogP contribution in [0.2, 0.25) is 0 Å². The van der Waals surface area contributed by atoms with Crippen molar-refractivity contribution in [1.29, 1.82) is 0 Å². The molecule has 0 saturated heterocycles. The van der Waals surface area contributed by atoms with E-state index in [4.69, 9.17) is 4.74 Å². The Morgan fingerprint density at radius 3 is 2.42 bits per heavy atom. The first kappa shape index (κ1) is 17.9. The van der Waals surface area contributed by atoms with Crippen LogP contribution in [0, 0.1) is 13.8 Å². The van der Waals surface area contributed by atoms with E-state index in [1.54, 1.807) is 19.2 Å². The lowest BCUT2D eigenvalue weighted by Gasteiger charge is -2.18. The summed E-state index contributed by atoms with van der Waals surface area (Å²) in [5.41, 5.74) is 1.75. The maximum absolute atomic E-state index is 12.3. The fourth-order valence-corrected chi connectivity index (χ4v) is 3.05. The van der Waals surface area contributed by atoms with Crippen molar-refractivity contribution in [3.63, 3.8) is 0 Å². The summed E-state index contributed by atoms with van der Waals surface area (Å²) in [6.07, 6.45) is 0.129. The molecule has 1 atom stereocenters. The lowest BCUT2D eigenvalue weighted by atomic mass is 10.0. The molecule has 0 aliphatic carbocycles. The van der Waals surface area contributed by atoms with Crippen molar-refractivity contribution >= 4 is 28.3 Å². The van der Waals surface area contributed by atoms with Crippen LogP contribution >= 0.6 is 11.3 Å². The molecule has 1 heterocycles. The minimum Gasteiger partial charge on any atom is -0.497 e. The van der Waals surface area contributed by atoms with E-state index < -0.39 is 6.04 Å². The number of aromatic nitrogens is 1. The van der Waals surface area contributed by atoms with Crippen LogP contribution in [0.3, 0.4) is 0 Å². The maximum Gasteiger partial charge on any atom is 0.228 e. The summed E-state index contributed by atoms with van der Waals surface area (Å²) < 4.78 is 5.13. The summed E-state index contributed by atoms with van der Waals surface area (Å²) in [4.78, 5) is 29.1. The summed E-state index contributed by atoms with van der Waals surface area (Å²) in [5, 5.41) is 6.18. The average Bonchev–Trinajstić information content (AvgIpc) is 2.84. The van der Waals surface area contributed by atoms with Crippen LogP contribution in [0.4, 0.5) is 5.13 Å². The third kappa shape index (κ3) is 4.79. The fourth-order valence-electron chi connectivity index (χ4n) is 2.22. The number of aryl methyl sites for hydroxylation is 2. The molecule has 0 bridgehead atoms. The van der Waals surface area contributed by atoms with E-state index in [0.717, 1.165) is 21.9 Å². The van der Waals surface area contributed by atoms with Gasteiger partial charge in [-0.15, -0.1) is 11.3 Å². The molecular weight excluding hydrogens is 326 g/mol. The molecule has 2 aromatic rings. The van der Waals surface area contributed by atoms with Gasteiger partial charge in [0, 0.05) is 11.8 Å². The monoisotopic (exact) mass is 347 g/mol. The van der Waals surface area contributed by atoms with Crippen LogP contribution in [0.1, 0.15) is 35.5 Å². The second-order valence-electron chi connectivity index (χ2n) is 5.44. The Morgan fingerprint density at radius 2 is 1.92 bits per heavy atom. The molecule has 1 aromatic heterocycles. The number of methoxy groups -OCH3 is 1. The quantitative estimate of drug-likeness (QED) is 0.842. The zero-order valence-corrected chi connectivity index (χ0v) is 15.0. The van der Waals surface area contributed by atoms with Crippen LogP contribution in [0.25, 0.3) is 0 Å². The highest BCUT2D eigenvalue weighted by Crippen LogP contribution is 2.24. The third-order valence-corrected chi connectivity index (χ3v) is 4.55. The van der Waals surface area contributed by atoms with Crippen LogP contribution in [0.5, 0.6) is 5.75 Å². The lowest BCUT2D eigenvalue weighted by molar-refractivity contribution is -0.120. The maximum atomic E-state index is 12.3. The molecular formula is C17H21N3O3S. The molecule has 0 aliphatic heterocycles. The summed E-state index contributed by atoms with van der Waals surface area (Å²) in [7, 11) is 1.59. The summed E-state index contributed by atoms with van der Waals surface area (Å²) in [6.45, 7) is 5.29. The first-order chi connectivity index (χ1) is 11.4. The van der Waals surface area contributed by atoms with Gasteiger partial charge in [0.05, 0.1) is 25.3 Å². The topological polar surface area (TPSA) is 80.3 Å². The Hall–Kier alpha value is -2.41. The van der Waals surface area contributed by atoms with E-state index in [1.165, 1.54) is 18.3 Å². The van der Waals surface area contributed by atoms with Gasteiger partial charge in [0.25, 0.3) is 0 Å². The number of benzene rings is 1. The number of ether oxygens (including phenoxy) is 1. The number of hydrogen-bond donors (Lipinski definition) is 2. The van der Waals surface area contributed by atoms with Gasteiger partial charge in [-0.1, -0.05) is 12.1 Å². The minimum absolute atomic E-state index is 0.129. The number of carbonyl (C=O) groups is 2. The molecule has 128 valence electrons. The zero-order chi connectivity index (χ0) is 17.7. The van der Waals surface area contributed by atoms with Crippen LogP contribution < -0.4 is 15.4 Å². The molecule has 6 nitrogen and oxygen atoms in total. The Labute approximate surface area is 145 Å². The van der Waals surface area contributed by atoms with E-state index >= 15 is 0 Å². The average molecular weight is 347 g/mol. The molecule has 0 fully saturated rings. The predicted octanol–water partition coefficient (Wildman–Crippen LogP) is 2.97. The molecule has 0 radical (unpaired) electrons. The largest absolute Gasteiger partial charge is 0.497 e. The summed E-state index contributed by atoms with van der Waals surface area (Å²) in [6, 6.07) is 6.87. The number of anilines is 1. The van der Waals surface area contributed by atoms with Gasteiger partial charge < -0.3 is 15.4 Å². The number of carbonyl (C=O) groups excluding carboxylic acids is 2. The standard InChI is InChI=1S/C17H21N3O3S/c1-10-11(2)24-17(18-10)20-16(22)9-15(19-12(3)21)13-5-7-14(23-4)8-6-13/h5-8,15H,9H2,1-4H3,(H,19,21)(H,18,20,22). The second-order valence-corrected chi connectivity index (χ2v) is 6.64. The van der Waals surface area contributed by atoms with Gasteiger partial charge in [-0.3, -0.25) is 9.59 Å². The summed E-state index contributed by atoms with van der Waals surface area (Å²) >= 11 is 1.44. The van der Waals surface area contributed by atoms with Crippen LogP contribution in [-0.4, -0.2) is 23.9 Å². The molecule has 1 aromatic carbocycles. The highest BCUT2D eigenvalue weighted by atomic mass is 32.1. The predicted molar refractivity (Wildman–Crippen MR) is 94.4 cm³/mol. The van der Waals surface area contributed by atoms with Crippen molar-refractivity contribution in [2.24, 2.45) is 0 Å². The van der Waals surface area contributed by atoms with E-state index in [0.29, 0.717) is 5.13 Å². The van der Waals surface area contributed by atoms with Gasteiger partial charge in [0.1, 0.15) is 5.75 Å². The lowest BCUT2D eigenvalue weighted by Crippen LogP contribution is -2.29. The molecule has 0 saturated carbocycles. The minimum atomic E-state index is -0.407. The highest BCUT2D eigenvalue weighted by molar-refractivity contribution is 7.15. The molecule has 2 rings (SSSR count). The van der Waals surface area contributed by atoms with E-state index in [-0.39, 0.29) is 18.2 Å². The SMILES string of the molecule is COc1ccc(C(CC(=O)Nc2nc(C)c(C)s2)NC(C)=O)cc1. The van der Waals surface area contributed by atoms with Crippen molar-refractivity contribution in [3.8, 4) is 5.75 Å². The first-order valence-corrected chi connectivity index (χ1v) is 8.35. The van der Waals surface area contributed by atoms with Crippen LogP contribution in [-0.2, 0) is 9.59 Å². The fraction of sp³-hybridized carbons (Fsp3) is 0.353. The molecule has 2 N–H and O–H groups in total. The summed E-state index contributed by atoms with van der Waals surface area (Å²) in [5.74, 6) is 0.335. The number of nitrogens with zero attached hydrogens (tertiary/aromatic N) is 1.